The van der Waals surface area contributed by atoms with Gasteiger partial charge < -0.3 is 14.0 Å². The van der Waals surface area contributed by atoms with Crippen LogP contribution < -0.4 is 0 Å². The minimum Gasteiger partial charge on any atom is -0.468 e. The van der Waals surface area contributed by atoms with Gasteiger partial charge in [-0.15, -0.1) is 0 Å². The fourth-order valence-electron chi connectivity index (χ4n) is 3.84. The lowest BCUT2D eigenvalue weighted by Crippen LogP contribution is -2.42. The highest BCUT2D eigenvalue weighted by atomic mass is 32.2. The summed E-state index contributed by atoms with van der Waals surface area (Å²) in [4.78, 5) is 19.2. The molecule has 0 aliphatic carbocycles. The van der Waals surface area contributed by atoms with E-state index in [-0.39, 0.29) is 5.97 Å². The summed E-state index contributed by atoms with van der Waals surface area (Å²) < 4.78 is 12.7. The van der Waals surface area contributed by atoms with E-state index in [1.54, 1.807) is 18.0 Å². The Morgan fingerprint density at radius 1 is 1.14 bits per heavy atom. The molecule has 1 aliphatic rings. The van der Waals surface area contributed by atoms with Gasteiger partial charge in [0, 0.05) is 41.1 Å². The number of nitrogens with zero attached hydrogens (tertiary/aromatic N) is 2. The first kappa shape index (κ1) is 19.7. The monoisotopic (exact) mass is 408 g/mol. The molecule has 150 valence electrons. The van der Waals surface area contributed by atoms with Crippen LogP contribution in [0.2, 0.25) is 0 Å². The molecule has 29 heavy (non-hydrogen) atoms. The third-order valence-corrected chi connectivity index (χ3v) is 6.48. The standard InChI is InChI=1S/C23H24N2O3S/c1-17-24-12-13-25(17)19-6-8-20(9-7-19)29-21-5-3-4-18(16-21)23(22(26)27-2)10-14-28-15-11-23/h3-9,12-13,16H,10-11,14-15H2,1-2H3. The lowest BCUT2D eigenvalue weighted by atomic mass is 9.74. The zero-order valence-electron chi connectivity index (χ0n) is 16.6. The number of ether oxygens (including phenoxy) is 2. The molecular formula is C23H24N2O3S. The number of aryl methyl sites for hydroxylation is 1. The molecule has 1 aromatic heterocycles. The van der Waals surface area contributed by atoms with Crippen molar-refractivity contribution in [2.75, 3.05) is 20.3 Å². The Balaban J connectivity index is 1.57. The molecule has 0 saturated carbocycles. The number of hydrogen-bond donors (Lipinski definition) is 0. The highest BCUT2D eigenvalue weighted by molar-refractivity contribution is 7.99. The van der Waals surface area contributed by atoms with Gasteiger partial charge in [0.2, 0.25) is 0 Å². The van der Waals surface area contributed by atoms with E-state index in [1.165, 1.54) is 7.11 Å². The van der Waals surface area contributed by atoms with Crippen molar-refractivity contribution >= 4 is 17.7 Å². The lowest BCUT2D eigenvalue weighted by molar-refractivity contribution is -0.151. The second-order valence-electron chi connectivity index (χ2n) is 7.15. The first-order chi connectivity index (χ1) is 14.1. The van der Waals surface area contributed by atoms with Gasteiger partial charge in [-0.2, -0.15) is 0 Å². The molecular weight excluding hydrogens is 384 g/mol. The van der Waals surface area contributed by atoms with Crippen molar-refractivity contribution in [3.63, 3.8) is 0 Å². The average Bonchev–Trinajstić information content (AvgIpc) is 3.20. The van der Waals surface area contributed by atoms with Gasteiger partial charge in [0.15, 0.2) is 0 Å². The lowest BCUT2D eigenvalue weighted by Gasteiger charge is -2.35. The van der Waals surface area contributed by atoms with Crippen LogP contribution in [-0.4, -0.2) is 35.8 Å². The number of esters is 1. The van der Waals surface area contributed by atoms with Gasteiger partial charge in [-0.1, -0.05) is 23.9 Å². The van der Waals surface area contributed by atoms with Crippen LogP contribution in [0.5, 0.6) is 0 Å². The molecule has 0 N–H and O–H groups in total. The molecule has 0 atom stereocenters. The first-order valence-corrected chi connectivity index (χ1v) is 10.5. The number of benzene rings is 2. The van der Waals surface area contributed by atoms with E-state index >= 15 is 0 Å². The summed E-state index contributed by atoms with van der Waals surface area (Å²) in [6.45, 7) is 3.13. The molecule has 0 unspecified atom stereocenters. The van der Waals surface area contributed by atoms with Gasteiger partial charge in [-0.25, -0.2) is 4.98 Å². The average molecular weight is 409 g/mol. The van der Waals surface area contributed by atoms with Gasteiger partial charge in [-0.05, 0) is 61.7 Å². The fourth-order valence-corrected chi connectivity index (χ4v) is 4.72. The molecule has 1 fully saturated rings. The third-order valence-electron chi connectivity index (χ3n) is 5.49. The van der Waals surface area contributed by atoms with Crippen molar-refractivity contribution in [2.45, 2.75) is 35.0 Å². The van der Waals surface area contributed by atoms with Crippen LogP contribution in [-0.2, 0) is 19.7 Å². The van der Waals surface area contributed by atoms with Crippen LogP contribution in [0.4, 0.5) is 0 Å². The van der Waals surface area contributed by atoms with E-state index in [0.717, 1.165) is 26.9 Å². The Morgan fingerprint density at radius 3 is 2.55 bits per heavy atom. The van der Waals surface area contributed by atoms with Gasteiger partial charge in [0.05, 0.1) is 12.5 Å². The molecule has 5 nitrogen and oxygen atoms in total. The van der Waals surface area contributed by atoms with E-state index in [9.17, 15) is 4.79 Å². The largest absolute Gasteiger partial charge is 0.468 e. The highest BCUT2D eigenvalue weighted by Gasteiger charge is 2.42. The van der Waals surface area contributed by atoms with Gasteiger partial charge >= 0.3 is 5.97 Å². The van der Waals surface area contributed by atoms with Gasteiger partial charge in [-0.3, -0.25) is 4.79 Å². The van der Waals surface area contributed by atoms with Crippen molar-refractivity contribution in [1.82, 2.24) is 9.55 Å². The zero-order valence-corrected chi connectivity index (χ0v) is 17.4. The second-order valence-corrected chi connectivity index (χ2v) is 8.30. The number of hydrogen-bond acceptors (Lipinski definition) is 5. The SMILES string of the molecule is COC(=O)C1(c2cccc(Sc3ccc(-n4ccnc4C)cc3)c2)CCOCC1. The quantitative estimate of drug-likeness (QED) is 0.580. The summed E-state index contributed by atoms with van der Waals surface area (Å²) in [7, 11) is 1.46. The van der Waals surface area contributed by atoms with Crippen LogP contribution >= 0.6 is 11.8 Å². The van der Waals surface area contributed by atoms with Crippen LogP contribution in [0.3, 0.4) is 0 Å². The smallest absolute Gasteiger partial charge is 0.316 e. The Bertz CT molecular complexity index is 991. The number of imidazole rings is 1. The van der Waals surface area contributed by atoms with Crippen molar-refractivity contribution in [2.24, 2.45) is 0 Å². The van der Waals surface area contributed by atoms with Gasteiger partial charge in [0.25, 0.3) is 0 Å². The molecule has 1 aliphatic heterocycles. The number of rotatable bonds is 5. The molecule has 2 aromatic carbocycles. The number of carbonyl (C=O) groups excluding carboxylic acids is 1. The molecule has 3 aromatic rings. The van der Waals surface area contributed by atoms with Crippen molar-refractivity contribution < 1.29 is 14.3 Å². The minimum absolute atomic E-state index is 0.178. The predicted octanol–water partition coefficient (Wildman–Crippen LogP) is 4.55. The van der Waals surface area contributed by atoms with Crippen molar-refractivity contribution in [3.8, 4) is 5.69 Å². The first-order valence-electron chi connectivity index (χ1n) is 9.67. The molecule has 1 saturated heterocycles. The maximum absolute atomic E-state index is 12.6. The molecule has 0 amide bonds. The Morgan fingerprint density at radius 2 is 1.90 bits per heavy atom. The fraction of sp³-hybridized carbons (Fsp3) is 0.304. The molecule has 2 heterocycles. The van der Waals surface area contributed by atoms with E-state index in [4.69, 9.17) is 9.47 Å². The predicted molar refractivity (Wildman–Crippen MR) is 113 cm³/mol. The molecule has 0 spiro atoms. The van der Waals surface area contributed by atoms with E-state index in [1.807, 2.05) is 25.3 Å². The Kier molecular flexibility index (Phi) is 5.74. The Labute approximate surface area is 175 Å². The maximum Gasteiger partial charge on any atom is 0.316 e. The summed E-state index contributed by atoms with van der Waals surface area (Å²) in [6, 6.07) is 16.6. The van der Waals surface area contributed by atoms with Crippen LogP contribution in [0.1, 0.15) is 24.2 Å². The number of aromatic nitrogens is 2. The normalized spacial score (nSPS) is 15.8. The molecule has 0 radical (unpaired) electrons. The summed E-state index contributed by atoms with van der Waals surface area (Å²) in [5, 5.41) is 0. The second kappa shape index (κ2) is 8.43. The summed E-state index contributed by atoms with van der Waals surface area (Å²) in [5.74, 6) is 0.783. The minimum atomic E-state index is -0.619. The van der Waals surface area contributed by atoms with Crippen LogP contribution in [0.15, 0.2) is 70.7 Å². The van der Waals surface area contributed by atoms with E-state index in [0.29, 0.717) is 26.1 Å². The van der Waals surface area contributed by atoms with Crippen LogP contribution in [0, 0.1) is 6.92 Å². The summed E-state index contributed by atoms with van der Waals surface area (Å²) in [6.07, 6.45) is 5.05. The van der Waals surface area contributed by atoms with E-state index < -0.39 is 5.41 Å². The number of methoxy groups -OCH3 is 1. The summed E-state index contributed by atoms with van der Waals surface area (Å²) in [5.41, 5.74) is 1.47. The Hall–Kier alpha value is -2.57. The molecule has 6 heteroatoms. The molecule has 4 rings (SSSR count). The number of carbonyl (C=O) groups is 1. The molecule has 0 bridgehead atoms. The maximum atomic E-state index is 12.6. The highest BCUT2D eigenvalue weighted by Crippen LogP contribution is 2.38. The van der Waals surface area contributed by atoms with E-state index in [2.05, 4.69) is 45.9 Å². The van der Waals surface area contributed by atoms with Crippen molar-refractivity contribution in [3.05, 3.63) is 72.3 Å². The summed E-state index contributed by atoms with van der Waals surface area (Å²) >= 11 is 1.69. The third kappa shape index (κ3) is 3.95. The van der Waals surface area contributed by atoms with Gasteiger partial charge in [0.1, 0.15) is 5.82 Å². The topological polar surface area (TPSA) is 53.4 Å². The van der Waals surface area contributed by atoms with Crippen LogP contribution in [0.25, 0.3) is 5.69 Å². The van der Waals surface area contributed by atoms with Crippen molar-refractivity contribution in [1.29, 1.82) is 0 Å². The zero-order chi connectivity index (χ0) is 20.3.